The first kappa shape index (κ1) is 17.0. The summed E-state index contributed by atoms with van der Waals surface area (Å²) in [5, 5.41) is 10.7. The maximum atomic E-state index is 12.9. The third-order valence-corrected chi connectivity index (χ3v) is 4.17. The van der Waals surface area contributed by atoms with Crippen molar-refractivity contribution in [1.82, 2.24) is 9.38 Å². The first-order chi connectivity index (χ1) is 12.0. The van der Waals surface area contributed by atoms with Gasteiger partial charge in [-0.05, 0) is 17.7 Å². The largest absolute Gasteiger partial charge is 0.493 e. The summed E-state index contributed by atoms with van der Waals surface area (Å²) in [7, 11) is 1.27. The van der Waals surface area contributed by atoms with E-state index in [1.54, 1.807) is 30.3 Å². The highest BCUT2D eigenvalue weighted by atomic mass is 35.5. The molecular weight excluding hydrogens is 344 g/mol. The molecule has 1 atom stereocenters. The molecule has 0 saturated carbocycles. The lowest BCUT2D eigenvalue weighted by atomic mass is 9.89. The SMILES string of the molecule is COC(=O)C[C@@H](c1ccccc1)c1c(O)nc2ccc(Cl)cn2c1=O. The fraction of sp³-hybridized carbons (Fsp3) is 0.167. The number of carbonyl (C=O) groups excluding carboxylic acids is 1. The number of nitrogens with zero attached hydrogens (tertiary/aromatic N) is 2. The van der Waals surface area contributed by atoms with E-state index in [0.717, 1.165) is 0 Å². The van der Waals surface area contributed by atoms with Crippen LogP contribution < -0.4 is 5.56 Å². The van der Waals surface area contributed by atoms with Gasteiger partial charge in [-0.2, -0.15) is 4.98 Å². The van der Waals surface area contributed by atoms with E-state index >= 15 is 0 Å². The summed E-state index contributed by atoms with van der Waals surface area (Å²) in [5.41, 5.74) is 0.503. The number of rotatable bonds is 4. The molecule has 0 unspecified atom stereocenters. The van der Waals surface area contributed by atoms with Gasteiger partial charge in [0.2, 0.25) is 5.88 Å². The minimum atomic E-state index is -0.690. The summed E-state index contributed by atoms with van der Waals surface area (Å²) in [6.45, 7) is 0. The first-order valence-corrected chi connectivity index (χ1v) is 7.91. The van der Waals surface area contributed by atoms with Crippen LogP contribution in [0.3, 0.4) is 0 Å². The highest BCUT2D eigenvalue weighted by Crippen LogP contribution is 2.31. The van der Waals surface area contributed by atoms with Gasteiger partial charge in [0.25, 0.3) is 5.56 Å². The summed E-state index contributed by atoms with van der Waals surface area (Å²) in [6, 6.07) is 12.1. The van der Waals surface area contributed by atoms with Crippen molar-refractivity contribution >= 4 is 23.2 Å². The molecule has 2 aromatic heterocycles. The van der Waals surface area contributed by atoms with Gasteiger partial charge < -0.3 is 9.84 Å². The molecule has 3 aromatic rings. The van der Waals surface area contributed by atoms with Crippen LogP contribution in [0, 0.1) is 0 Å². The number of ether oxygens (including phenoxy) is 1. The average Bonchev–Trinajstić information content (AvgIpc) is 2.62. The number of fused-ring (bicyclic) bond motifs is 1. The molecule has 128 valence electrons. The zero-order valence-electron chi connectivity index (χ0n) is 13.3. The molecule has 25 heavy (non-hydrogen) atoms. The smallest absolute Gasteiger partial charge is 0.306 e. The minimum Gasteiger partial charge on any atom is -0.493 e. The van der Waals surface area contributed by atoms with Crippen molar-refractivity contribution in [2.75, 3.05) is 7.11 Å². The Hall–Kier alpha value is -2.86. The molecule has 0 spiro atoms. The number of benzene rings is 1. The predicted molar refractivity (Wildman–Crippen MR) is 93.1 cm³/mol. The van der Waals surface area contributed by atoms with Gasteiger partial charge in [0.1, 0.15) is 5.65 Å². The van der Waals surface area contributed by atoms with Crippen LogP contribution in [-0.2, 0) is 9.53 Å². The highest BCUT2D eigenvalue weighted by Gasteiger charge is 2.26. The number of methoxy groups -OCH3 is 1. The number of hydrogen-bond donors (Lipinski definition) is 1. The van der Waals surface area contributed by atoms with Gasteiger partial charge in [0.05, 0.1) is 24.1 Å². The van der Waals surface area contributed by atoms with Crippen LogP contribution in [0.2, 0.25) is 5.02 Å². The monoisotopic (exact) mass is 358 g/mol. The molecule has 0 radical (unpaired) electrons. The number of esters is 1. The normalized spacial score (nSPS) is 12.1. The lowest BCUT2D eigenvalue weighted by molar-refractivity contribution is -0.140. The fourth-order valence-corrected chi connectivity index (χ4v) is 2.90. The maximum absolute atomic E-state index is 12.9. The molecule has 0 saturated heterocycles. The Bertz CT molecular complexity index is 986. The molecule has 0 aliphatic rings. The van der Waals surface area contributed by atoms with Gasteiger partial charge in [-0.15, -0.1) is 0 Å². The molecule has 6 nitrogen and oxygen atoms in total. The average molecular weight is 359 g/mol. The summed E-state index contributed by atoms with van der Waals surface area (Å²) in [6.07, 6.45) is 1.33. The first-order valence-electron chi connectivity index (χ1n) is 7.54. The van der Waals surface area contributed by atoms with Crippen LogP contribution in [0.15, 0.2) is 53.5 Å². The molecule has 0 fully saturated rings. The van der Waals surface area contributed by atoms with Crippen LogP contribution in [0.4, 0.5) is 0 Å². The van der Waals surface area contributed by atoms with E-state index in [4.69, 9.17) is 16.3 Å². The van der Waals surface area contributed by atoms with Gasteiger partial charge >= 0.3 is 5.97 Å². The Balaban J connectivity index is 2.25. The van der Waals surface area contributed by atoms with Crippen LogP contribution in [-0.4, -0.2) is 27.6 Å². The molecule has 7 heteroatoms. The topological polar surface area (TPSA) is 80.9 Å². The number of aromatic nitrogens is 2. The molecule has 0 aliphatic heterocycles. The summed E-state index contributed by atoms with van der Waals surface area (Å²) in [4.78, 5) is 28.9. The van der Waals surface area contributed by atoms with Crippen molar-refractivity contribution in [2.45, 2.75) is 12.3 Å². The summed E-state index contributed by atoms with van der Waals surface area (Å²) >= 11 is 5.96. The van der Waals surface area contributed by atoms with E-state index in [1.807, 2.05) is 6.07 Å². The van der Waals surface area contributed by atoms with Crippen LogP contribution in [0.5, 0.6) is 5.88 Å². The molecular formula is C18H15ClN2O4. The minimum absolute atomic E-state index is 0.0244. The number of pyridine rings is 1. The third kappa shape index (κ3) is 3.34. The van der Waals surface area contributed by atoms with Crippen molar-refractivity contribution in [3.8, 4) is 5.88 Å². The number of hydrogen-bond acceptors (Lipinski definition) is 5. The van der Waals surface area contributed by atoms with E-state index in [2.05, 4.69) is 4.98 Å². The van der Waals surface area contributed by atoms with Crippen molar-refractivity contribution in [3.63, 3.8) is 0 Å². The zero-order valence-corrected chi connectivity index (χ0v) is 14.1. The Morgan fingerprint density at radius 2 is 2.00 bits per heavy atom. The second kappa shape index (κ2) is 6.94. The third-order valence-electron chi connectivity index (χ3n) is 3.95. The van der Waals surface area contributed by atoms with Gasteiger partial charge in [-0.25, -0.2) is 0 Å². The van der Waals surface area contributed by atoms with Crippen molar-refractivity contribution < 1.29 is 14.6 Å². The number of aromatic hydroxyl groups is 1. The summed E-state index contributed by atoms with van der Waals surface area (Å²) in [5.74, 6) is -1.60. The maximum Gasteiger partial charge on any atom is 0.306 e. The van der Waals surface area contributed by atoms with Gasteiger partial charge in [-0.1, -0.05) is 41.9 Å². The van der Waals surface area contributed by atoms with Gasteiger partial charge in [0.15, 0.2) is 0 Å². The number of carbonyl (C=O) groups is 1. The highest BCUT2D eigenvalue weighted by molar-refractivity contribution is 6.30. The Morgan fingerprint density at radius 1 is 1.28 bits per heavy atom. The molecule has 0 bridgehead atoms. The van der Waals surface area contributed by atoms with Crippen molar-refractivity contribution in [3.05, 3.63) is 75.2 Å². The fourth-order valence-electron chi connectivity index (χ4n) is 2.74. The van der Waals surface area contributed by atoms with Gasteiger partial charge in [-0.3, -0.25) is 14.0 Å². The standard InChI is InChI=1S/C18H15ClN2O4/c1-25-15(22)9-13(11-5-3-2-4-6-11)16-17(23)20-14-8-7-12(19)10-21(14)18(16)24/h2-8,10,13,23H,9H2,1H3/t13-/m0/s1. The predicted octanol–water partition coefficient (Wildman–Crippen LogP) is 2.75. The Morgan fingerprint density at radius 3 is 2.68 bits per heavy atom. The Kier molecular flexibility index (Phi) is 4.72. The molecule has 1 N–H and O–H groups in total. The lowest BCUT2D eigenvalue weighted by Crippen LogP contribution is -2.24. The quantitative estimate of drug-likeness (QED) is 0.725. The Labute approximate surface area is 148 Å². The molecule has 2 heterocycles. The molecule has 1 aromatic carbocycles. The second-order valence-corrected chi connectivity index (χ2v) is 5.91. The van der Waals surface area contributed by atoms with Gasteiger partial charge in [0, 0.05) is 12.1 Å². The van der Waals surface area contributed by atoms with E-state index in [0.29, 0.717) is 10.6 Å². The van der Waals surface area contributed by atoms with Crippen LogP contribution in [0.1, 0.15) is 23.5 Å². The van der Waals surface area contributed by atoms with E-state index in [-0.39, 0.29) is 17.6 Å². The van der Waals surface area contributed by atoms with E-state index < -0.39 is 23.3 Å². The summed E-state index contributed by atoms with van der Waals surface area (Å²) < 4.78 is 5.99. The van der Waals surface area contributed by atoms with E-state index in [9.17, 15) is 14.7 Å². The lowest BCUT2D eigenvalue weighted by Gasteiger charge is -2.17. The van der Waals surface area contributed by atoms with Crippen molar-refractivity contribution in [1.29, 1.82) is 0 Å². The zero-order chi connectivity index (χ0) is 18.0. The van der Waals surface area contributed by atoms with E-state index in [1.165, 1.54) is 23.8 Å². The molecule has 3 rings (SSSR count). The number of halogens is 1. The second-order valence-electron chi connectivity index (χ2n) is 5.47. The van der Waals surface area contributed by atoms with Crippen LogP contribution >= 0.6 is 11.6 Å². The molecule has 0 amide bonds. The van der Waals surface area contributed by atoms with Crippen molar-refractivity contribution in [2.24, 2.45) is 0 Å². The molecule has 0 aliphatic carbocycles. The van der Waals surface area contributed by atoms with Crippen LogP contribution in [0.25, 0.3) is 5.65 Å².